The minimum absolute atomic E-state index is 0.308. The Morgan fingerprint density at radius 2 is 1.92 bits per heavy atom. The maximum atomic E-state index is 12.1. The standard InChI is InChI=1S/C16H12Cl3N3O2S/c1-3-24-16(23)13-7(2)12-14(20-6-21-15(12)25-13)22-11-5-9(18)8(17)4-10(11)19/h4-6H,3H2,1-2H3,(H,20,21,22). The van der Waals surface area contributed by atoms with Crippen LogP contribution in [0.25, 0.3) is 10.2 Å². The van der Waals surface area contributed by atoms with Gasteiger partial charge in [-0.15, -0.1) is 11.3 Å². The van der Waals surface area contributed by atoms with Crippen molar-refractivity contribution in [3.05, 3.63) is 44.0 Å². The average Bonchev–Trinajstić information content (AvgIpc) is 2.91. The summed E-state index contributed by atoms with van der Waals surface area (Å²) >= 11 is 19.5. The van der Waals surface area contributed by atoms with Crippen LogP contribution in [0.1, 0.15) is 22.2 Å². The lowest BCUT2D eigenvalue weighted by Crippen LogP contribution is -2.03. The van der Waals surface area contributed by atoms with E-state index in [1.165, 1.54) is 17.7 Å². The number of aryl methyl sites for hydroxylation is 1. The van der Waals surface area contributed by atoms with Crippen molar-refractivity contribution in [2.24, 2.45) is 0 Å². The molecule has 0 spiro atoms. The van der Waals surface area contributed by atoms with Gasteiger partial charge in [-0.2, -0.15) is 0 Å². The number of fused-ring (bicyclic) bond motifs is 1. The molecular weight excluding hydrogens is 405 g/mol. The van der Waals surface area contributed by atoms with Crippen LogP contribution in [0.3, 0.4) is 0 Å². The third-order valence-corrected chi connectivity index (χ3v) is 5.67. The molecule has 0 saturated carbocycles. The normalized spacial score (nSPS) is 10.9. The Labute approximate surface area is 162 Å². The van der Waals surface area contributed by atoms with Gasteiger partial charge in [0, 0.05) is 0 Å². The maximum Gasteiger partial charge on any atom is 0.348 e. The first-order valence-corrected chi connectivity index (χ1v) is 9.20. The number of hydrogen-bond acceptors (Lipinski definition) is 6. The highest BCUT2D eigenvalue weighted by atomic mass is 35.5. The molecule has 9 heteroatoms. The van der Waals surface area contributed by atoms with Crippen molar-refractivity contribution in [3.8, 4) is 0 Å². The fraction of sp³-hybridized carbons (Fsp3) is 0.188. The van der Waals surface area contributed by atoms with E-state index >= 15 is 0 Å². The van der Waals surface area contributed by atoms with Crippen molar-refractivity contribution >= 4 is 73.8 Å². The minimum atomic E-state index is -0.374. The van der Waals surface area contributed by atoms with E-state index in [1.54, 1.807) is 19.1 Å². The van der Waals surface area contributed by atoms with E-state index in [2.05, 4.69) is 15.3 Å². The van der Waals surface area contributed by atoms with Gasteiger partial charge in [0.05, 0.1) is 32.7 Å². The van der Waals surface area contributed by atoms with Gasteiger partial charge in [-0.3, -0.25) is 0 Å². The van der Waals surface area contributed by atoms with Crippen LogP contribution in [0, 0.1) is 6.92 Å². The fourth-order valence-corrected chi connectivity index (χ4v) is 3.94. The predicted molar refractivity (Wildman–Crippen MR) is 103 cm³/mol. The van der Waals surface area contributed by atoms with Gasteiger partial charge in [-0.25, -0.2) is 14.8 Å². The van der Waals surface area contributed by atoms with Gasteiger partial charge >= 0.3 is 5.97 Å². The van der Waals surface area contributed by atoms with Crippen LogP contribution in [0.4, 0.5) is 11.5 Å². The second kappa shape index (κ2) is 7.33. The summed E-state index contributed by atoms with van der Waals surface area (Å²) in [5.74, 6) is 0.149. The van der Waals surface area contributed by atoms with Crippen LogP contribution in [-0.2, 0) is 4.74 Å². The lowest BCUT2D eigenvalue weighted by molar-refractivity contribution is 0.0531. The number of halogens is 3. The number of ether oxygens (including phenoxy) is 1. The van der Waals surface area contributed by atoms with Crippen LogP contribution in [0.2, 0.25) is 15.1 Å². The first-order valence-electron chi connectivity index (χ1n) is 7.25. The Kier molecular flexibility index (Phi) is 5.34. The Bertz CT molecular complexity index is 975. The van der Waals surface area contributed by atoms with Crippen LogP contribution in [0.15, 0.2) is 18.5 Å². The molecule has 0 bridgehead atoms. The number of thiophene rings is 1. The van der Waals surface area contributed by atoms with E-state index in [0.717, 1.165) is 10.9 Å². The first-order chi connectivity index (χ1) is 11.9. The van der Waals surface area contributed by atoms with Gasteiger partial charge < -0.3 is 10.1 Å². The molecule has 0 radical (unpaired) electrons. The molecule has 130 valence electrons. The number of aromatic nitrogens is 2. The summed E-state index contributed by atoms with van der Waals surface area (Å²) in [5.41, 5.74) is 1.30. The van der Waals surface area contributed by atoms with Crippen molar-refractivity contribution < 1.29 is 9.53 Å². The van der Waals surface area contributed by atoms with Crippen molar-refractivity contribution in [3.63, 3.8) is 0 Å². The zero-order valence-corrected chi connectivity index (χ0v) is 16.3. The molecule has 1 aromatic carbocycles. The molecular formula is C16H12Cl3N3O2S. The van der Waals surface area contributed by atoms with E-state index in [0.29, 0.717) is 42.9 Å². The molecule has 0 amide bonds. The fourth-order valence-electron chi connectivity index (χ4n) is 2.30. The van der Waals surface area contributed by atoms with Crippen LogP contribution in [0.5, 0.6) is 0 Å². The zero-order valence-electron chi connectivity index (χ0n) is 13.2. The summed E-state index contributed by atoms with van der Waals surface area (Å²) in [5, 5.41) is 5.00. The number of rotatable bonds is 4. The Balaban J connectivity index is 2.08. The highest BCUT2D eigenvalue weighted by molar-refractivity contribution is 7.20. The maximum absolute atomic E-state index is 12.1. The van der Waals surface area contributed by atoms with Gasteiger partial charge in [-0.05, 0) is 31.5 Å². The summed E-state index contributed by atoms with van der Waals surface area (Å²) in [4.78, 5) is 21.8. The molecule has 1 N–H and O–H groups in total. The predicted octanol–water partition coefficient (Wildman–Crippen LogP) is 5.88. The van der Waals surface area contributed by atoms with Gasteiger partial charge in [0.2, 0.25) is 0 Å². The Morgan fingerprint density at radius 1 is 1.20 bits per heavy atom. The Hall–Kier alpha value is -1.60. The lowest BCUT2D eigenvalue weighted by atomic mass is 10.2. The summed E-state index contributed by atoms with van der Waals surface area (Å²) in [6.07, 6.45) is 1.42. The van der Waals surface area contributed by atoms with Gasteiger partial charge in [-0.1, -0.05) is 34.8 Å². The summed E-state index contributed by atoms with van der Waals surface area (Å²) in [6.45, 7) is 3.90. The van der Waals surface area contributed by atoms with Crippen LogP contribution < -0.4 is 5.32 Å². The molecule has 3 rings (SSSR count). The third-order valence-electron chi connectivity index (χ3n) is 3.45. The quantitative estimate of drug-likeness (QED) is 0.425. The van der Waals surface area contributed by atoms with E-state index in [1.807, 2.05) is 6.92 Å². The molecule has 2 heterocycles. The highest BCUT2D eigenvalue weighted by Crippen LogP contribution is 2.38. The SMILES string of the molecule is CCOC(=O)c1sc2ncnc(Nc3cc(Cl)c(Cl)cc3Cl)c2c1C. The monoisotopic (exact) mass is 415 g/mol. The van der Waals surface area contributed by atoms with Crippen molar-refractivity contribution in [2.45, 2.75) is 13.8 Å². The molecule has 5 nitrogen and oxygen atoms in total. The number of esters is 1. The van der Waals surface area contributed by atoms with Crippen molar-refractivity contribution in [1.82, 2.24) is 9.97 Å². The van der Waals surface area contributed by atoms with E-state index in [-0.39, 0.29) is 5.97 Å². The average molecular weight is 417 g/mol. The molecule has 25 heavy (non-hydrogen) atoms. The summed E-state index contributed by atoms with van der Waals surface area (Å²) in [6, 6.07) is 3.17. The number of carbonyl (C=O) groups excluding carboxylic acids is 1. The zero-order chi connectivity index (χ0) is 18.1. The van der Waals surface area contributed by atoms with Gasteiger partial charge in [0.1, 0.15) is 21.9 Å². The Morgan fingerprint density at radius 3 is 2.64 bits per heavy atom. The third kappa shape index (κ3) is 3.53. The van der Waals surface area contributed by atoms with Crippen molar-refractivity contribution in [1.29, 1.82) is 0 Å². The van der Waals surface area contributed by atoms with E-state index < -0.39 is 0 Å². The molecule has 0 aliphatic carbocycles. The highest BCUT2D eigenvalue weighted by Gasteiger charge is 2.20. The molecule has 0 aliphatic rings. The molecule has 0 fully saturated rings. The number of benzene rings is 1. The largest absolute Gasteiger partial charge is 0.462 e. The second-order valence-electron chi connectivity index (χ2n) is 5.05. The number of hydrogen-bond donors (Lipinski definition) is 1. The number of nitrogens with one attached hydrogen (secondary N) is 1. The first kappa shape index (κ1) is 18.2. The smallest absolute Gasteiger partial charge is 0.348 e. The molecule has 3 aromatic rings. The number of nitrogens with zero attached hydrogens (tertiary/aromatic N) is 2. The van der Waals surface area contributed by atoms with E-state index in [9.17, 15) is 4.79 Å². The number of anilines is 2. The molecule has 0 aliphatic heterocycles. The number of carbonyl (C=O) groups is 1. The van der Waals surface area contributed by atoms with Crippen molar-refractivity contribution in [2.75, 3.05) is 11.9 Å². The molecule has 0 unspecified atom stereocenters. The lowest BCUT2D eigenvalue weighted by Gasteiger charge is -2.10. The van der Waals surface area contributed by atoms with E-state index in [4.69, 9.17) is 39.5 Å². The summed E-state index contributed by atoms with van der Waals surface area (Å²) < 4.78 is 5.09. The topological polar surface area (TPSA) is 64.1 Å². The molecule has 0 atom stereocenters. The molecule has 2 aromatic heterocycles. The minimum Gasteiger partial charge on any atom is -0.462 e. The summed E-state index contributed by atoms with van der Waals surface area (Å²) in [7, 11) is 0. The van der Waals surface area contributed by atoms with Crippen LogP contribution in [-0.4, -0.2) is 22.5 Å². The molecule has 0 saturated heterocycles. The van der Waals surface area contributed by atoms with Gasteiger partial charge in [0.25, 0.3) is 0 Å². The van der Waals surface area contributed by atoms with Crippen LogP contribution >= 0.6 is 46.1 Å². The van der Waals surface area contributed by atoms with Gasteiger partial charge in [0.15, 0.2) is 0 Å². The second-order valence-corrected chi connectivity index (χ2v) is 7.27.